The third-order valence-electron chi connectivity index (χ3n) is 4.57. The Morgan fingerprint density at radius 1 is 0.947 bits per heavy atom. The fourth-order valence-corrected chi connectivity index (χ4v) is 2.83. The summed E-state index contributed by atoms with van der Waals surface area (Å²) in [6, 6.07) is 8.65. The van der Waals surface area contributed by atoms with Gasteiger partial charge in [-0.25, -0.2) is 0 Å². The maximum atomic E-state index is 6.14. The van der Waals surface area contributed by atoms with Gasteiger partial charge in [0.1, 0.15) is 5.75 Å². The highest BCUT2D eigenvalue weighted by Crippen LogP contribution is 2.32. The van der Waals surface area contributed by atoms with E-state index in [4.69, 9.17) is 4.74 Å². The van der Waals surface area contributed by atoms with Crippen molar-refractivity contribution < 1.29 is 4.74 Å². The molecule has 0 spiro atoms. The minimum atomic E-state index is 0.216. The van der Waals surface area contributed by atoms with Crippen LogP contribution in [0.25, 0.3) is 0 Å². The number of ether oxygens (including phenoxy) is 1. The van der Waals surface area contributed by atoms with Crippen LogP contribution in [-0.4, -0.2) is 6.10 Å². The molecule has 1 aliphatic carbocycles. The number of hydrogen-bond acceptors (Lipinski definition) is 1. The standard InChI is InChI=1S/C18H28O/c1-13-6-9-17(12-14(13)2)19-16-10-7-15(8-11-16)18(3,4)5/h7-8,10-11,13-14,17H,6,9,12H2,1-5H3. The minimum Gasteiger partial charge on any atom is -0.490 e. The van der Waals surface area contributed by atoms with Crippen molar-refractivity contribution in [1.82, 2.24) is 0 Å². The van der Waals surface area contributed by atoms with Gasteiger partial charge in [0.2, 0.25) is 0 Å². The molecule has 1 fully saturated rings. The summed E-state index contributed by atoms with van der Waals surface area (Å²) in [4.78, 5) is 0. The summed E-state index contributed by atoms with van der Waals surface area (Å²) in [6.45, 7) is 11.4. The Balaban J connectivity index is 1.97. The van der Waals surface area contributed by atoms with Gasteiger partial charge in [-0.1, -0.05) is 46.8 Å². The van der Waals surface area contributed by atoms with Gasteiger partial charge in [0.05, 0.1) is 6.10 Å². The first kappa shape index (κ1) is 14.4. The van der Waals surface area contributed by atoms with Crippen LogP contribution in [0.2, 0.25) is 0 Å². The van der Waals surface area contributed by atoms with Gasteiger partial charge in [-0.2, -0.15) is 0 Å². The average Bonchev–Trinajstić information content (AvgIpc) is 2.33. The van der Waals surface area contributed by atoms with E-state index in [1.807, 2.05) is 0 Å². The summed E-state index contributed by atoms with van der Waals surface area (Å²) in [6.07, 6.45) is 4.10. The maximum Gasteiger partial charge on any atom is 0.119 e. The van der Waals surface area contributed by atoms with Gasteiger partial charge in [0.15, 0.2) is 0 Å². The van der Waals surface area contributed by atoms with E-state index in [-0.39, 0.29) is 5.41 Å². The molecule has 0 bridgehead atoms. The molecule has 1 heteroatoms. The second kappa shape index (κ2) is 5.56. The topological polar surface area (TPSA) is 9.23 Å². The van der Waals surface area contributed by atoms with Crippen LogP contribution in [0.4, 0.5) is 0 Å². The summed E-state index contributed by atoms with van der Waals surface area (Å²) >= 11 is 0. The molecule has 0 amide bonds. The Morgan fingerprint density at radius 2 is 1.58 bits per heavy atom. The van der Waals surface area contributed by atoms with Gasteiger partial charge in [-0.05, 0) is 54.2 Å². The van der Waals surface area contributed by atoms with Crippen molar-refractivity contribution in [1.29, 1.82) is 0 Å². The van der Waals surface area contributed by atoms with Crippen LogP contribution in [0.15, 0.2) is 24.3 Å². The zero-order chi connectivity index (χ0) is 14.0. The lowest BCUT2D eigenvalue weighted by molar-refractivity contribution is 0.101. The van der Waals surface area contributed by atoms with Crippen molar-refractivity contribution in [2.24, 2.45) is 11.8 Å². The lowest BCUT2D eigenvalue weighted by Gasteiger charge is -2.32. The molecule has 1 aromatic rings. The van der Waals surface area contributed by atoms with Crippen molar-refractivity contribution in [3.8, 4) is 5.75 Å². The summed E-state index contributed by atoms with van der Waals surface area (Å²) in [5.74, 6) is 2.66. The molecule has 1 aliphatic rings. The van der Waals surface area contributed by atoms with Crippen LogP contribution in [-0.2, 0) is 5.41 Å². The molecule has 0 aliphatic heterocycles. The van der Waals surface area contributed by atoms with E-state index < -0.39 is 0 Å². The number of benzene rings is 1. The van der Waals surface area contributed by atoms with E-state index in [0.29, 0.717) is 6.10 Å². The van der Waals surface area contributed by atoms with Crippen LogP contribution in [0.3, 0.4) is 0 Å². The fourth-order valence-electron chi connectivity index (χ4n) is 2.83. The van der Waals surface area contributed by atoms with Crippen LogP contribution >= 0.6 is 0 Å². The zero-order valence-electron chi connectivity index (χ0n) is 13.1. The van der Waals surface area contributed by atoms with Crippen molar-refractivity contribution in [3.05, 3.63) is 29.8 Å². The molecule has 106 valence electrons. The molecule has 3 unspecified atom stereocenters. The van der Waals surface area contributed by atoms with Crippen molar-refractivity contribution in [2.75, 3.05) is 0 Å². The molecule has 0 heterocycles. The first-order valence-corrected chi connectivity index (χ1v) is 7.63. The Hall–Kier alpha value is -0.980. The number of rotatable bonds is 2. The predicted molar refractivity (Wildman–Crippen MR) is 81.7 cm³/mol. The quantitative estimate of drug-likeness (QED) is 0.711. The summed E-state index contributed by atoms with van der Waals surface area (Å²) in [5.41, 5.74) is 1.58. The SMILES string of the molecule is CC1CCC(Oc2ccc(C(C)(C)C)cc2)CC1C. The first-order chi connectivity index (χ1) is 8.86. The molecular weight excluding hydrogens is 232 g/mol. The first-order valence-electron chi connectivity index (χ1n) is 7.63. The zero-order valence-corrected chi connectivity index (χ0v) is 13.1. The Morgan fingerprint density at radius 3 is 2.11 bits per heavy atom. The number of hydrogen-bond donors (Lipinski definition) is 0. The normalized spacial score (nSPS) is 28.2. The molecule has 0 saturated heterocycles. The average molecular weight is 260 g/mol. The van der Waals surface area contributed by atoms with E-state index >= 15 is 0 Å². The highest BCUT2D eigenvalue weighted by Gasteiger charge is 2.25. The van der Waals surface area contributed by atoms with E-state index in [9.17, 15) is 0 Å². The van der Waals surface area contributed by atoms with Gasteiger partial charge < -0.3 is 4.74 Å². The van der Waals surface area contributed by atoms with Crippen LogP contribution in [0, 0.1) is 11.8 Å². The summed E-state index contributed by atoms with van der Waals surface area (Å²) in [7, 11) is 0. The Kier molecular flexibility index (Phi) is 4.23. The molecule has 2 rings (SSSR count). The minimum absolute atomic E-state index is 0.216. The van der Waals surface area contributed by atoms with E-state index in [2.05, 4.69) is 58.9 Å². The third kappa shape index (κ3) is 3.75. The van der Waals surface area contributed by atoms with E-state index in [1.54, 1.807) is 0 Å². The van der Waals surface area contributed by atoms with Crippen molar-refractivity contribution in [3.63, 3.8) is 0 Å². The lowest BCUT2D eigenvalue weighted by atomic mass is 9.80. The van der Waals surface area contributed by atoms with E-state index in [1.165, 1.54) is 24.8 Å². The smallest absolute Gasteiger partial charge is 0.119 e. The highest BCUT2D eigenvalue weighted by atomic mass is 16.5. The second-order valence-corrected chi connectivity index (χ2v) is 7.28. The van der Waals surface area contributed by atoms with Gasteiger partial charge in [0.25, 0.3) is 0 Å². The molecule has 0 radical (unpaired) electrons. The molecule has 19 heavy (non-hydrogen) atoms. The lowest BCUT2D eigenvalue weighted by Crippen LogP contribution is -2.28. The summed E-state index contributed by atoms with van der Waals surface area (Å²) in [5, 5.41) is 0. The molecule has 0 aromatic heterocycles. The third-order valence-corrected chi connectivity index (χ3v) is 4.57. The van der Waals surface area contributed by atoms with Crippen molar-refractivity contribution >= 4 is 0 Å². The molecule has 1 aromatic carbocycles. The molecular formula is C18H28O. The van der Waals surface area contributed by atoms with Gasteiger partial charge >= 0.3 is 0 Å². The van der Waals surface area contributed by atoms with Crippen LogP contribution < -0.4 is 4.74 Å². The Labute approximate surface area is 118 Å². The van der Waals surface area contributed by atoms with Gasteiger partial charge in [-0.15, -0.1) is 0 Å². The van der Waals surface area contributed by atoms with Gasteiger partial charge in [-0.3, -0.25) is 0 Å². The van der Waals surface area contributed by atoms with E-state index in [0.717, 1.165) is 17.6 Å². The molecule has 0 N–H and O–H groups in total. The van der Waals surface area contributed by atoms with Gasteiger partial charge in [0, 0.05) is 0 Å². The second-order valence-electron chi connectivity index (χ2n) is 7.28. The molecule has 1 nitrogen and oxygen atoms in total. The summed E-state index contributed by atoms with van der Waals surface area (Å²) < 4.78 is 6.14. The monoisotopic (exact) mass is 260 g/mol. The largest absolute Gasteiger partial charge is 0.490 e. The Bertz CT molecular complexity index is 399. The highest BCUT2D eigenvalue weighted by molar-refractivity contribution is 5.31. The maximum absolute atomic E-state index is 6.14. The molecule has 1 saturated carbocycles. The van der Waals surface area contributed by atoms with Crippen molar-refractivity contribution in [2.45, 2.75) is 65.4 Å². The predicted octanol–water partition coefficient (Wildman–Crippen LogP) is 5.19. The molecule has 3 atom stereocenters. The van der Waals surface area contributed by atoms with Crippen LogP contribution in [0.1, 0.15) is 59.4 Å². The fraction of sp³-hybridized carbons (Fsp3) is 0.667. The van der Waals surface area contributed by atoms with Crippen LogP contribution in [0.5, 0.6) is 5.75 Å².